The summed E-state index contributed by atoms with van der Waals surface area (Å²) in [7, 11) is 0. The van der Waals surface area contributed by atoms with Crippen LogP contribution in [0, 0.1) is 13.8 Å². The Hall–Kier alpha value is -2.75. The Bertz CT molecular complexity index is 1370. The fourth-order valence-electron chi connectivity index (χ4n) is 3.31. The number of rotatable bonds is 7. The van der Waals surface area contributed by atoms with Gasteiger partial charge in [0, 0.05) is 24.6 Å². The monoisotopic (exact) mass is 482 g/mol. The molecule has 4 rings (SSSR count). The maximum Gasteiger partial charge on any atom is 0.272 e. The number of thiophene rings is 1. The van der Waals surface area contributed by atoms with Gasteiger partial charge in [0.2, 0.25) is 5.91 Å². The fourth-order valence-corrected chi connectivity index (χ4v) is 5.98. The summed E-state index contributed by atoms with van der Waals surface area (Å²) in [4.78, 5) is 36.3. The molecule has 0 fully saturated rings. The lowest BCUT2D eigenvalue weighted by Gasteiger charge is -2.21. The van der Waals surface area contributed by atoms with Crippen molar-refractivity contribution < 1.29 is 4.79 Å². The molecule has 6 nitrogen and oxygen atoms in total. The standard InChI is InChI=1S/C23H22N4O2S3/c1-5-10-26-21(29)20-18(9-11-30-20)25-22(26)31-12-17-13-32-23(24-17)27(16(4)28)19-8-6-7-14(2)15(19)3/h5-9,11,13H,1,10,12H2,2-4H3. The summed E-state index contributed by atoms with van der Waals surface area (Å²) in [5, 5.41) is 5.09. The second-order valence-electron chi connectivity index (χ2n) is 7.22. The highest BCUT2D eigenvalue weighted by molar-refractivity contribution is 7.98. The molecule has 0 spiro atoms. The van der Waals surface area contributed by atoms with Crippen molar-refractivity contribution >= 4 is 61.4 Å². The lowest BCUT2D eigenvalue weighted by Crippen LogP contribution is -2.23. The predicted octanol–water partition coefficient (Wildman–Crippen LogP) is 5.69. The second kappa shape index (κ2) is 9.40. The van der Waals surface area contributed by atoms with E-state index in [1.807, 2.05) is 48.9 Å². The zero-order chi connectivity index (χ0) is 22.8. The molecular weight excluding hydrogens is 460 g/mol. The fraction of sp³-hybridized carbons (Fsp3) is 0.217. The molecule has 0 aliphatic heterocycles. The number of nitrogens with zero attached hydrogens (tertiary/aromatic N) is 4. The smallest absolute Gasteiger partial charge is 0.272 e. The van der Waals surface area contributed by atoms with Crippen molar-refractivity contribution in [3.05, 3.63) is 74.9 Å². The lowest BCUT2D eigenvalue weighted by molar-refractivity contribution is -0.115. The number of aryl methyl sites for hydroxylation is 1. The van der Waals surface area contributed by atoms with E-state index in [1.54, 1.807) is 22.5 Å². The number of thioether (sulfide) groups is 1. The van der Waals surface area contributed by atoms with Crippen LogP contribution in [0.4, 0.5) is 10.8 Å². The summed E-state index contributed by atoms with van der Waals surface area (Å²) in [5.74, 6) is 0.450. The van der Waals surface area contributed by atoms with Crippen LogP contribution in [-0.2, 0) is 17.1 Å². The Morgan fingerprint density at radius 2 is 2.06 bits per heavy atom. The number of thiazole rings is 1. The van der Waals surface area contributed by atoms with Gasteiger partial charge in [-0.1, -0.05) is 30.0 Å². The summed E-state index contributed by atoms with van der Waals surface area (Å²) >= 11 is 4.28. The van der Waals surface area contributed by atoms with Crippen molar-refractivity contribution in [3.63, 3.8) is 0 Å². The summed E-state index contributed by atoms with van der Waals surface area (Å²) in [6.45, 7) is 9.75. The van der Waals surface area contributed by atoms with Gasteiger partial charge in [-0.15, -0.1) is 29.3 Å². The first-order valence-electron chi connectivity index (χ1n) is 9.93. The number of fused-ring (bicyclic) bond motifs is 1. The highest BCUT2D eigenvalue weighted by Gasteiger charge is 2.20. The third kappa shape index (κ3) is 4.28. The molecule has 0 aliphatic carbocycles. The molecule has 9 heteroatoms. The zero-order valence-electron chi connectivity index (χ0n) is 18.0. The van der Waals surface area contributed by atoms with Crippen molar-refractivity contribution in [2.45, 2.75) is 38.2 Å². The molecular formula is C23H22N4O2S3. The predicted molar refractivity (Wildman–Crippen MR) is 134 cm³/mol. The van der Waals surface area contributed by atoms with E-state index in [9.17, 15) is 9.59 Å². The minimum Gasteiger partial charge on any atom is -0.282 e. The number of aromatic nitrogens is 3. The van der Waals surface area contributed by atoms with Crippen molar-refractivity contribution in [2.24, 2.45) is 0 Å². The van der Waals surface area contributed by atoms with Crippen LogP contribution in [0.15, 0.2) is 57.6 Å². The third-order valence-corrected chi connectivity index (χ3v) is 7.83. The first kappa shape index (κ1) is 22.4. The molecule has 164 valence electrons. The van der Waals surface area contributed by atoms with Crippen LogP contribution in [0.25, 0.3) is 10.2 Å². The van der Waals surface area contributed by atoms with E-state index in [0.29, 0.717) is 32.8 Å². The maximum absolute atomic E-state index is 12.8. The minimum absolute atomic E-state index is 0.0518. The molecule has 1 amide bonds. The maximum atomic E-state index is 12.8. The molecule has 0 saturated carbocycles. The summed E-state index contributed by atoms with van der Waals surface area (Å²) < 4.78 is 2.29. The van der Waals surface area contributed by atoms with Gasteiger partial charge < -0.3 is 0 Å². The Balaban J connectivity index is 1.62. The van der Waals surface area contributed by atoms with Crippen LogP contribution >= 0.6 is 34.4 Å². The van der Waals surface area contributed by atoms with E-state index >= 15 is 0 Å². The average Bonchev–Trinajstić information content (AvgIpc) is 3.42. The second-order valence-corrected chi connectivity index (χ2v) is 9.91. The SMILES string of the molecule is C=CCn1c(SCc2csc(N(C(C)=O)c3cccc(C)c3C)n2)nc2ccsc2c1=O. The van der Waals surface area contributed by atoms with Gasteiger partial charge in [-0.2, -0.15) is 0 Å². The van der Waals surface area contributed by atoms with Gasteiger partial charge >= 0.3 is 0 Å². The van der Waals surface area contributed by atoms with Gasteiger partial charge in [0.25, 0.3) is 5.56 Å². The van der Waals surface area contributed by atoms with Gasteiger partial charge in [-0.05, 0) is 42.5 Å². The summed E-state index contributed by atoms with van der Waals surface area (Å²) in [6.07, 6.45) is 1.70. The number of carbonyl (C=O) groups is 1. The number of allylic oxidation sites excluding steroid dienone is 1. The molecule has 0 bridgehead atoms. The van der Waals surface area contributed by atoms with Gasteiger partial charge in [-0.3, -0.25) is 19.1 Å². The number of amides is 1. The van der Waals surface area contributed by atoms with Gasteiger partial charge in [0.15, 0.2) is 10.3 Å². The Kier molecular flexibility index (Phi) is 6.59. The molecule has 32 heavy (non-hydrogen) atoms. The topological polar surface area (TPSA) is 68.1 Å². The molecule has 3 heterocycles. The molecule has 0 radical (unpaired) electrons. The molecule has 4 aromatic rings. The van der Waals surface area contributed by atoms with Crippen molar-refractivity contribution in [1.82, 2.24) is 14.5 Å². The quantitative estimate of drug-likeness (QED) is 0.192. The van der Waals surface area contributed by atoms with Crippen molar-refractivity contribution in [3.8, 4) is 0 Å². The van der Waals surface area contributed by atoms with Gasteiger partial charge in [-0.25, -0.2) is 9.97 Å². The zero-order valence-corrected chi connectivity index (χ0v) is 20.4. The van der Waals surface area contributed by atoms with Crippen molar-refractivity contribution in [2.75, 3.05) is 4.90 Å². The first-order chi connectivity index (χ1) is 15.4. The van der Waals surface area contributed by atoms with Crippen LogP contribution in [0.5, 0.6) is 0 Å². The highest BCUT2D eigenvalue weighted by Crippen LogP contribution is 2.33. The van der Waals surface area contributed by atoms with E-state index in [-0.39, 0.29) is 11.5 Å². The Morgan fingerprint density at radius 1 is 1.25 bits per heavy atom. The van der Waals surface area contributed by atoms with Crippen LogP contribution in [-0.4, -0.2) is 20.4 Å². The largest absolute Gasteiger partial charge is 0.282 e. The third-order valence-electron chi connectivity index (χ3n) is 5.05. The summed E-state index contributed by atoms with van der Waals surface area (Å²) in [5.41, 5.74) is 4.50. The molecule has 0 unspecified atom stereocenters. The molecule has 1 aromatic carbocycles. The van der Waals surface area contributed by atoms with Crippen LogP contribution in [0.1, 0.15) is 23.7 Å². The van der Waals surface area contributed by atoms with E-state index in [4.69, 9.17) is 4.98 Å². The van der Waals surface area contributed by atoms with E-state index in [2.05, 4.69) is 11.6 Å². The highest BCUT2D eigenvalue weighted by atomic mass is 32.2. The van der Waals surface area contributed by atoms with Crippen LogP contribution in [0.2, 0.25) is 0 Å². The number of anilines is 2. The van der Waals surface area contributed by atoms with Crippen LogP contribution in [0.3, 0.4) is 0 Å². The van der Waals surface area contributed by atoms with Crippen molar-refractivity contribution in [1.29, 1.82) is 0 Å². The minimum atomic E-state index is -0.0864. The Labute approximate surface area is 198 Å². The van der Waals surface area contributed by atoms with Gasteiger partial charge in [0.05, 0.1) is 16.9 Å². The Morgan fingerprint density at radius 3 is 2.81 bits per heavy atom. The van der Waals surface area contributed by atoms with Gasteiger partial charge in [0.1, 0.15) is 4.70 Å². The van der Waals surface area contributed by atoms with E-state index in [1.165, 1.54) is 34.4 Å². The average molecular weight is 483 g/mol. The van der Waals surface area contributed by atoms with E-state index < -0.39 is 0 Å². The lowest BCUT2D eigenvalue weighted by atomic mass is 10.1. The number of hydrogen-bond acceptors (Lipinski definition) is 7. The molecule has 0 N–H and O–H groups in total. The number of hydrogen-bond donors (Lipinski definition) is 0. The summed E-state index contributed by atoms with van der Waals surface area (Å²) in [6, 6.07) is 7.78. The molecule has 0 saturated heterocycles. The molecule has 3 aromatic heterocycles. The number of benzene rings is 1. The molecule has 0 aliphatic rings. The first-order valence-corrected chi connectivity index (χ1v) is 12.7. The van der Waals surface area contributed by atoms with E-state index in [0.717, 1.165) is 22.5 Å². The van der Waals surface area contributed by atoms with Crippen LogP contribution < -0.4 is 10.5 Å². The normalized spacial score (nSPS) is 11.1. The molecule has 0 atom stereocenters. The number of carbonyl (C=O) groups excluding carboxylic acids is 1.